The molecule has 150 valence electrons. The van der Waals surface area contributed by atoms with Crippen LogP contribution in [0.1, 0.15) is 65.2 Å². The smallest absolute Gasteiger partial charge is 0.331 e. The van der Waals surface area contributed by atoms with Gasteiger partial charge in [0.05, 0.1) is 12.2 Å². The van der Waals surface area contributed by atoms with Crippen molar-refractivity contribution in [1.82, 2.24) is 0 Å². The summed E-state index contributed by atoms with van der Waals surface area (Å²) < 4.78 is 5.20. The predicted octanol–water partition coefficient (Wildman–Crippen LogP) is 3.46. The minimum Gasteiger partial charge on any atom is -0.458 e. The van der Waals surface area contributed by atoms with E-state index in [9.17, 15) is 15.0 Å². The van der Waals surface area contributed by atoms with Gasteiger partial charge < -0.3 is 14.9 Å². The minimum absolute atomic E-state index is 0.124. The highest BCUT2D eigenvalue weighted by Gasteiger charge is 2.63. The number of hydrogen-bond acceptors (Lipinski definition) is 4. The Kier molecular flexibility index (Phi) is 4.08. The van der Waals surface area contributed by atoms with Crippen molar-refractivity contribution in [2.75, 3.05) is 6.61 Å². The number of esters is 1. The molecule has 0 aromatic rings. The largest absolute Gasteiger partial charge is 0.458 e. The van der Waals surface area contributed by atoms with E-state index in [4.69, 9.17) is 4.74 Å². The lowest BCUT2D eigenvalue weighted by Crippen LogP contribution is -2.58. The molecule has 0 radical (unpaired) electrons. The van der Waals surface area contributed by atoms with Crippen LogP contribution in [-0.4, -0.2) is 35.0 Å². The Bertz CT molecular complexity index is 671. The van der Waals surface area contributed by atoms with Crippen LogP contribution in [0, 0.1) is 40.4 Å². The highest BCUT2D eigenvalue weighted by molar-refractivity contribution is 5.85. The summed E-state index contributed by atoms with van der Waals surface area (Å²) in [5, 5.41) is 21.6. The van der Waals surface area contributed by atoms with Crippen molar-refractivity contribution in [2.24, 2.45) is 40.4 Å². The molecule has 5 aliphatic rings. The Morgan fingerprint density at radius 3 is 2.59 bits per heavy atom. The van der Waals surface area contributed by atoms with Crippen LogP contribution in [0.4, 0.5) is 0 Å². The number of cyclic esters (lactones) is 1. The van der Waals surface area contributed by atoms with Crippen LogP contribution in [0.25, 0.3) is 0 Å². The molecule has 0 saturated heterocycles. The number of carbonyl (C=O) groups is 1. The second-order valence-corrected chi connectivity index (χ2v) is 10.7. The molecule has 0 amide bonds. The van der Waals surface area contributed by atoms with Crippen molar-refractivity contribution in [3.8, 4) is 0 Å². The van der Waals surface area contributed by atoms with Crippen molar-refractivity contribution in [2.45, 2.75) is 77.4 Å². The Labute approximate surface area is 162 Å². The van der Waals surface area contributed by atoms with E-state index < -0.39 is 0 Å². The molecule has 4 heteroatoms. The molecule has 0 aromatic heterocycles. The van der Waals surface area contributed by atoms with E-state index in [-0.39, 0.29) is 34.9 Å². The maximum absolute atomic E-state index is 11.6. The molecule has 27 heavy (non-hydrogen) atoms. The van der Waals surface area contributed by atoms with Crippen molar-refractivity contribution in [1.29, 1.82) is 0 Å². The van der Waals surface area contributed by atoms with Gasteiger partial charge in [-0.05, 0) is 91.9 Å². The zero-order valence-corrected chi connectivity index (χ0v) is 16.7. The van der Waals surface area contributed by atoms with Gasteiger partial charge in [-0.3, -0.25) is 0 Å². The van der Waals surface area contributed by atoms with Gasteiger partial charge in [0.1, 0.15) is 6.61 Å². The number of aliphatic hydroxyl groups excluding tert-OH is 2. The topological polar surface area (TPSA) is 66.8 Å². The first-order valence-electron chi connectivity index (χ1n) is 11.1. The average Bonchev–Trinajstić information content (AvgIpc) is 3.20. The normalized spacial score (nSPS) is 54.6. The van der Waals surface area contributed by atoms with Gasteiger partial charge in [-0.15, -0.1) is 0 Å². The lowest BCUT2D eigenvalue weighted by Gasteiger charge is -2.62. The molecule has 5 rings (SSSR count). The maximum Gasteiger partial charge on any atom is 0.331 e. The first-order valence-corrected chi connectivity index (χ1v) is 11.1. The molecular weight excluding hydrogens is 340 g/mol. The van der Waals surface area contributed by atoms with Gasteiger partial charge in [-0.2, -0.15) is 0 Å². The summed E-state index contributed by atoms with van der Waals surface area (Å²) in [6.45, 7) is 5.16. The van der Waals surface area contributed by atoms with E-state index in [1.54, 1.807) is 6.08 Å². The van der Waals surface area contributed by atoms with Crippen LogP contribution in [0.2, 0.25) is 0 Å². The second kappa shape index (κ2) is 6.06. The zero-order chi connectivity index (χ0) is 19.0. The van der Waals surface area contributed by atoms with Crippen LogP contribution >= 0.6 is 0 Å². The van der Waals surface area contributed by atoms with Crippen LogP contribution in [0.15, 0.2) is 11.6 Å². The molecule has 4 nitrogen and oxygen atoms in total. The van der Waals surface area contributed by atoms with E-state index in [0.717, 1.165) is 44.1 Å². The Morgan fingerprint density at radius 2 is 1.85 bits per heavy atom. The molecule has 4 saturated carbocycles. The molecule has 0 spiro atoms. The Hall–Kier alpha value is -0.870. The fourth-order valence-corrected chi connectivity index (χ4v) is 8.39. The van der Waals surface area contributed by atoms with Gasteiger partial charge in [-0.1, -0.05) is 13.8 Å². The third-order valence-electron chi connectivity index (χ3n) is 9.88. The summed E-state index contributed by atoms with van der Waals surface area (Å²) in [5.41, 5.74) is 1.26. The third kappa shape index (κ3) is 2.45. The molecule has 4 fully saturated rings. The number of fused-ring (bicyclic) bond motifs is 5. The number of aliphatic hydroxyl groups is 2. The number of hydrogen-bond donors (Lipinski definition) is 2. The van der Waals surface area contributed by atoms with Gasteiger partial charge >= 0.3 is 5.97 Å². The van der Waals surface area contributed by atoms with Crippen molar-refractivity contribution in [3.05, 3.63) is 11.6 Å². The minimum atomic E-state index is -0.310. The average molecular weight is 375 g/mol. The fourth-order valence-electron chi connectivity index (χ4n) is 8.39. The third-order valence-corrected chi connectivity index (χ3v) is 9.88. The Balaban J connectivity index is 1.46. The highest BCUT2D eigenvalue weighted by Crippen LogP contribution is 2.68. The molecule has 0 bridgehead atoms. The number of rotatable bonds is 1. The fraction of sp³-hybridized carbons (Fsp3) is 0.870. The quantitative estimate of drug-likeness (QED) is 0.690. The summed E-state index contributed by atoms with van der Waals surface area (Å²) in [5.74, 6) is 2.47. The van der Waals surface area contributed by atoms with Gasteiger partial charge in [0.15, 0.2) is 0 Å². The van der Waals surface area contributed by atoms with Crippen LogP contribution in [0.3, 0.4) is 0 Å². The van der Waals surface area contributed by atoms with Crippen molar-refractivity contribution >= 4 is 5.97 Å². The highest BCUT2D eigenvalue weighted by atomic mass is 16.5. The predicted molar refractivity (Wildman–Crippen MR) is 102 cm³/mol. The van der Waals surface area contributed by atoms with Crippen molar-refractivity contribution in [3.63, 3.8) is 0 Å². The monoisotopic (exact) mass is 374 g/mol. The maximum atomic E-state index is 11.6. The standard InChI is InChI=1S/C23H34O4/c1-22-8-7-15(24)10-14(22)3-4-16-18-6-5-17(13-9-21(26)27-12-13)23(18,2)20(25)11-19(16)22/h9,14-20,24-25H,3-8,10-12H2,1-2H3/t14-,15+,16+,17-,18+,19+,20-,22+,23-/m1/s1. The first-order chi connectivity index (χ1) is 12.8. The van der Waals surface area contributed by atoms with Gasteiger partial charge in [0.25, 0.3) is 0 Å². The Morgan fingerprint density at radius 1 is 1.04 bits per heavy atom. The van der Waals surface area contributed by atoms with Gasteiger partial charge in [0, 0.05) is 11.5 Å². The lowest BCUT2D eigenvalue weighted by molar-refractivity contribution is -0.168. The second-order valence-electron chi connectivity index (χ2n) is 10.7. The molecular formula is C23H34O4. The number of carbonyl (C=O) groups excluding carboxylic acids is 1. The molecule has 1 heterocycles. The number of ether oxygens (including phenoxy) is 1. The SMILES string of the molecule is C[C@]12CC[C@H](O)C[C@H]1CC[C@@H]1[C@@H]2C[C@@H](O)[C@]2(C)[C@@H](C3=CC(=O)OC3)CC[C@@H]12. The molecule has 4 aliphatic carbocycles. The van der Waals surface area contributed by atoms with Crippen LogP contribution in [-0.2, 0) is 9.53 Å². The molecule has 0 aromatic carbocycles. The van der Waals surface area contributed by atoms with Crippen LogP contribution < -0.4 is 0 Å². The van der Waals surface area contributed by atoms with E-state index in [2.05, 4.69) is 13.8 Å². The van der Waals surface area contributed by atoms with E-state index in [0.29, 0.717) is 30.3 Å². The van der Waals surface area contributed by atoms with Gasteiger partial charge in [0.2, 0.25) is 0 Å². The summed E-state index contributed by atoms with van der Waals surface area (Å²) in [6, 6.07) is 0. The zero-order valence-electron chi connectivity index (χ0n) is 16.7. The first kappa shape index (κ1) is 18.2. The van der Waals surface area contributed by atoms with Crippen molar-refractivity contribution < 1.29 is 19.7 Å². The molecule has 2 N–H and O–H groups in total. The summed E-state index contributed by atoms with van der Waals surface area (Å²) in [7, 11) is 0. The summed E-state index contributed by atoms with van der Waals surface area (Å²) in [6.07, 6.45) is 9.83. The van der Waals surface area contributed by atoms with Crippen LogP contribution in [0.5, 0.6) is 0 Å². The summed E-state index contributed by atoms with van der Waals surface area (Å²) >= 11 is 0. The molecule has 1 aliphatic heterocycles. The summed E-state index contributed by atoms with van der Waals surface area (Å²) in [4.78, 5) is 11.6. The van der Waals surface area contributed by atoms with Gasteiger partial charge in [-0.25, -0.2) is 4.79 Å². The van der Waals surface area contributed by atoms with E-state index in [1.807, 2.05) is 0 Å². The van der Waals surface area contributed by atoms with E-state index >= 15 is 0 Å². The molecule has 0 unspecified atom stereocenters. The lowest BCUT2D eigenvalue weighted by atomic mass is 9.44. The molecule has 9 atom stereocenters. The van der Waals surface area contributed by atoms with E-state index in [1.165, 1.54) is 12.8 Å².